The molecule has 4 heteroatoms. The zero-order valence-electron chi connectivity index (χ0n) is 12.5. The van der Waals surface area contributed by atoms with Gasteiger partial charge in [-0.1, -0.05) is 20.8 Å². The third-order valence-electron chi connectivity index (χ3n) is 3.08. The Morgan fingerprint density at radius 3 is 2.35 bits per heavy atom. The van der Waals surface area contributed by atoms with E-state index >= 15 is 0 Å². The number of hydrogen-bond acceptors (Lipinski definition) is 3. The van der Waals surface area contributed by atoms with Crippen LogP contribution in [0.1, 0.15) is 32.2 Å². The maximum Gasteiger partial charge on any atom is 0.135 e. The zero-order chi connectivity index (χ0) is 14.9. The van der Waals surface area contributed by atoms with E-state index in [2.05, 4.69) is 48.6 Å². The van der Waals surface area contributed by atoms with Gasteiger partial charge in [0.2, 0.25) is 0 Å². The van der Waals surface area contributed by atoms with Crippen LogP contribution in [0.3, 0.4) is 0 Å². The molecule has 2 aromatic rings. The zero-order valence-corrected chi connectivity index (χ0v) is 14.1. The van der Waals surface area contributed by atoms with Gasteiger partial charge in [-0.15, -0.1) is 0 Å². The molecule has 0 radical (unpaired) electrons. The van der Waals surface area contributed by atoms with Gasteiger partial charge in [-0.3, -0.25) is 0 Å². The average molecular weight is 335 g/mol. The predicted octanol–water partition coefficient (Wildman–Crippen LogP) is 4.52. The molecule has 0 saturated carbocycles. The van der Waals surface area contributed by atoms with Crippen molar-refractivity contribution in [2.24, 2.45) is 0 Å². The van der Waals surface area contributed by atoms with Gasteiger partial charge in [0.1, 0.15) is 16.2 Å². The Morgan fingerprint density at radius 1 is 1.10 bits per heavy atom. The minimum absolute atomic E-state index is 0.0844. The molecule has 0 aliphatic heterocycles. The highest BCUT2D eigenvalue weighted by Gasteiger charge is 2.19. The van der Waals surface area contributed by atoms with Crippen molar-refractivity contribution in [3.05, 3.63) is 40.3 Å². The number of ether oxygens (including phenoxy) is 1. The van der Waals surface area contributed by atoms with Gasteiger partial charge < -0.3 is 4.74 Å². The molecule has 0 spiro atoms. The fourth-order valence-corrected chi connectivity index (χ4v) is 2.33. The summed E-state index contributed by atoms with van der Waals surface area (Å²) in [7, 11) is 1.67. The highest BCUT2D eigenvalue weighted by Crippen LogP contribution is 2.29. The molecule has 20 heavy (non-hydrogen) atoms. The van der Waals surface area contributed by atoms with Crippen LogP contribution < -0.4 is 4.74 Å². The first-order valence-electron chi connectivity index (χ1n) is 6.51. The molecule has 0 aliphatic rings. The minimum Gasteiger partial charge on any atom is -0.497 e. The van der Waals surface area contributed by atoms with E-state index in [0.717, 1.165) is 33.0 Å². The fourth-order valence-electron chi connectivity index (χ4n) is 1.94. The predicted molar refractivity (Wildman–Crippen MR) is 85.2 cm³/mol. The Balaban J connectivity index is 2.55. The lowest BCUT2D eigenvalue weighted by atomic mass is 9.95. The number of aromatic nitrogens is 2. The monoisotopic (exact) mass is 334 g/mol. The number of methoxy groups -OCH3 is 1. The van der Waals surface area contributed by atoms with E-state index < -0.39 is 0 Å². The van der Waals surface area contributed by atoms with E-state index in [0.29, 0.717) is 0 Å². The van der Waals surface area contributed by atoms with Crippen LogP contribution in [0, 0.1) is 6.92 Å². The number of nitrogens with zero attached hydrogens (tertiary/aromatic N) is 2. The lowest BCUT2D eigenvalue weighted by Crippen LogP contribution is -2.16. The topological polar surface area (TPSA) is 35.0 Å². The molecule has 0 fully saturated rings. The van der Waals surface area contributed by atoms with Crippen molar-refractivity contribution >= 4 is 15.9 Å². The van der Waals surface area contributed by atoms with Crippen LogP contribution in [0.2, 0.25) is 0 Å². The Bertz CT molecular complexity index is 633. The summed E-state index contributed by atoms with van der Waals surface area (Å²) in [6, 6.07) is 7.96. The van der Waals surface area contributed by atoms with Crippen LogP contribution in [0.25, 0.3) is 11.3 Å². The first-order valence-corrected chi connectivity index (χ1v) is 7.30. The van der Waals surface area contributed by atoms with Crippen LogP contribution in [-0.2, 0) is 5.41 Å². The summed E-state index contributed by atoms with van der Waals surface area (Å²) >= 11 is 3.48. The SMILES string of the molecule is COc1ccc(-c2cc(Br)nc(C(C)(C)C)n2)c(C)c1. The van der Waals surface area contributed by atoms with Crippen molar-refractivity contribution in [1.29, 1.82) is 0 Å². The Morgan fingerprint density at radius 2 is 1.80 bits per heavy atom. The van der Waals surface area contributed by atoms with Crippen molar-refractivity contribution in [2.75, 3.05) is 7.11 Å². The summed E-state index contributed by atoms with van der Waals surface area (Å²) in [6.07, 6.45) is 0. The molecule has 0 bridgehead atoms. The van der Waals surface area contributed by atoms with Crippen LogP contribution in [-0.4, -0.2) is 17.1 Å². The van der Waals surface area contributed by atoms with E-state index in [4.69, 9.17) is 9.72 Å². The van der Waals surface area contributed by atoms with Gasteiger partial charge >= 0.3 is 0 Å². The largest absolute Gasteiger partial charge is 0.497 e. The van der Waals surface area contributed by atoms with E-state index in [9.17, 15) is 0 Å². The molecule has 1 heterocycles. The summed E-state index contributed by atoms with van der Waals surface area (Å²) in [4.78, 5) is 9.18. The second-order valence-electron chi connectivity index (χ2n) is 5.83. The summed E-state index contributed by atoms with van der Waals surface area (Å²) in [6.45, 7) is 8.39. The molecule has 0 atom stereocenters. The van der Waals surface area contributed by atoms with Crippen LogP contribution in [0.15, 0.2) is 28.9 Å². The van der Waals surface area contributed by atoms with E-state index in [-0.39, 0.29) is 5.41 Å². The van der Waals surface area contributed by atoms with Gasteiger partial charge in [0.25, 0.3) is 0 Å². The quantitative estimate of drug-likeness (QED) is 0.757. The standard InChI is InChI=1S/C16H19BrN2O/c1-10-8-11(20-5)6-7-12(10)13-9-14(17)19-15(18-13)16(2,3)4/h6-9H,1-5H3. The fraction of sp³-hybridized carbons (Fsp3) is 0.375. The lowest BCUT2D eigenvalue weighted by molar-refractivity contribution is 0.414. The molecule has 2 rings (SSSR count). The lowest BCUT2D eigenvalue weighted by Gasteiger charge is -2.18. The summed E-state index contributed by atoms with van der Waals surface area (Å²) in [5.74, 6) is 1.69. The molecule has 0 amide bonds. The highest BCUT2D eigenvalue weighted by atomic mass is 79.9. The molecule has 0 saturated heterocycles. The Hall–Kier alpha value is -1.42. The van der Waals surface area contributed by atoms with Crippen LogP contribution in [0.4, 0.5) is 0 Å². The molecule has 106 valence electrons. The van der Waals surface area contributed by atoms with Crippen molar-refractivity contribution in [3.63, 3.8) is 0 Å². The average Bonchev–Trinajstić information content (AvgIpc) is 2.36. The normalized spacial score (nSPS) is 11.5. The van der Waals surface area contributed by atoms with Crippen molar-refractivity contribution < 1.29 is 4.74 Å². The second kappa shape index (κ2) is 5.52. The molecule has 0 aliphatic carbocycles. The maximum absolute atomic E-state index is 5.25. The highest BCUT2D eigenvalue weighted by molar-refractivity contribution is 9.10. The molecule has 0 unspecified atom stereocenters. The van der Waals surface area contributed by atoms with Gasteiger partial charge in [0.15, 0.2) is 0 Å². The number of benzene rings is 1. The maximum atomic E-state index is 5.25. The molecule has 0 N–H and O–H groups in total. The van der Waals surface area contributed by atoms with Gasteiger partial charge in [-0.25, -0.2) is 9.97 Å². The number of hydrogen-bond donors (Lipinski definition) is 0. The van der Waals surface area contributed by atoms with Crippen LogP contribution in [0.5, 0.6) is 5.75 Å². The number of rotatable bonds is 2. The Kier molecular flexibility index (Phi) is 4.14. The van der Waals surface area contributed by atoms with Gasteiger partial charge in [0, 0.05) is 11.0 Å². The summed E-state index contributed by atoms with van der Waals surface area (Å²) in [5.41, 5.74) is 3.07. The van der Waals surface area contributed by atoms with Gasteiger partial charge in [-0.05, 0) is 52.7 Å². The van der Waals surface area contributed by atoms with Gasteiger partial charge in [0.05, 0.1) is 12.8 Å². The number of halogens is 1. The smallest absolute Gasteiger partial charge is 0.135 e. The second-order valence-corrected chi connectivity index (χ2v) is 6.64. The van der Waals surface area contributed by atoms with Crippen molar-refractivity contribution in [1.82, 2.24) is 9.97 Å². The van der Waals surface area contributed by atoms with Crippen molar-refractivity contribution in [3.8, 4) is 17.0 Å². The molecule has 1 aromatic carbocycles. The van der Waals surface area contributed by atoms with E-state index in [1.54, 1.807) is 7.11 Å². The molecule has 1 aromatic heterocycles. The molecule has 3 nitrogen and oxygen atoms in total. The van der Waals surface area contributed by atoms with Gasteiger partial charge in [-0.2, -0.15) is 0 Å². The van der Waals surface area contributed by atoms with Crippen molar-refractivity contribution in [2.45, 2.75) is 33.1 Å². The van der Waals surface area contributed by atoms with E-state index in [1.165, 1.54) is 0 Å². The summed E-state index contributed by atoms with van der Waals surface area (Å²) < 4.78 is 6.05. The first-order chi connectivity index (χ1) is 9.31. The summed E-state index contributed by atoms with van der Waals surface area (Å²) in [5, 5.41) is 0. The Labute approximate surface area is 128 Å². The number of aryl methyl sites for hydroxylation is 1. The molecular weight excluding hydrogens is 316 g/mol. The molecular formula is C16H19BrN2O. The first kappa shape index (κ1) is 15.0. The third kappa shape index (κ3) is 3.18. The minimum atomic E-state index is -0.0844. The third-order valence-corrected chi connectivity index (χ3v) is 3.48. The van der Waals surface area contributed by atoms with E-state index in [1.807, 2.05) is 24.3 Å². The van der Waals surface area contributed by atoms with Crippen LogP contribution >= 0.6 is 15.9 Å².